The number of ether oxygens (including phenoxy) is 3. The third kappa shape index (κ3) is 6.51. The molecule has 0 radical (unpaired) electrons. The average molecular weight is 534 g/mol. The predicted octanol–water partition coefficient (Wildman–Crippen LogP) is 4.65. The van der Waals surface area contributed by atoms with Crippen LogP contribution in [0.5, 0.6) is 11.5 Å². The molecule has 3 aromatic carbocycles. The van der Waals surface area contributed by atoms with Crippen molar-refractivity contribution in [2.75, 3.05) is 26.6 Å². The minimum atomic E-state index is -0.688. The zero-order chi connectivity index (χ0) is 27.1. The van der Waals surface area contributed by atoms with Gasteiger partial charge < -0.3 is 19.5 Å². The van der Waals surface area contributed by atoms with Crippen LogP contribution in [0.15, 0.2) is 77.8 Å². The first kappa shape index (κ1) is 26.7. The van der Waals surface area contributed by atoms with Crippen LogP contribution in [0.2, 0.25) is 0 Å². The lowest BCUT2D eigenvalue weighted by Crippen LogP contribution is -2.44. The van der Waals surface area contributed by atoms with Crippen molar-refractivity contribution in [3.8, 4) is 11.5 Å². The first-order valence-electron chi connectivity index (χ1n) is 11.7. The highest BCUT2D eigenvalue weighted by atomic mass is 32.2. The summed E-state index contributed by atoms with van der Waals surface area (Å²) < 4.78 is 15.2. The van der Waals surface area contributed by atoms with E-state index in [0.29, 0.717) is 34.4 Å². The molecular weight excluding hydrogens is 506 g/mol. The van der Waals surface area contributed by atoms with E-state index in [4.69, 9.17) is 19.2 Å². The molecule has 1 fully saturated rings. The van der Waals surface area contributed by atoms with E-state index in [1.165, 1.54) is 18.9 Å². The number of carbonyl (C=O) groups excluding carboxylic acids is 3. The van der Waals surface area contributed by atoms with Crippen molar-refractivity contribution in [3.63, 3.8) is 0 Å². The van der Waals surface area contributed by atoms with Crippen molar-refractivity contribution >= 4 is 46.1 Å². The summed E-state index contributed by atoms with van der Waals surface area (Å²) in [6.45, 7) is 0.300. The summed E-state index contributed by atoms with van der Waals surface area (Å²) in [5.41, 5.74) is 2.40. The summed E-state index contributed by atoms with van der Waals surface area (Å²) in [7, 11) is 4.48. The van der Waals surface area contributed by atoms with Gasteiger partial charge in [0.05, 0.1) is 39.1 Å². The maximum atomic E-state index is 13.3. The van der Waals surface area contributed by atoms with Crippen LogP contribution in [0.1, 0.15) is 22.3 Å². The van der Waals surface area contributed by atoms with Gasteiger partial charge in [0.1, 0.15) is 16.7 Å². The molecule has 0 spiro atoms. The monoisotopic (exact) mass is 533 g/mol. The number of benzene rings is 3. The fourth-order valence-corrected chi connectivity index (χ4v) is 4.81. The highest BCUT2D eigenvalue weighted by Crippen LogP contribution is 2.31. The number of esters is 1. The van der Waals surface area contributed by atoms with E-state index in [0.717, 1.165) is 11.3 Å². The largest absolute Gasteiger partial charge is 0.497 e. The molecule has 0 saturated carbocycles. The lowest BCUT2D eigenvalue weighted by molar-refractivity contribution is -0.129. The maximum absolute atomic E-state index is 13.3. The number of aliphatic imine (C=N–C) groups is 1. The van der Waals surface area contributed by atoms with Crippen molar-refractivity contribution in [1.29, 1.82) is 0 Å². The molecule has 38 heavy (non-hydrogen) atoms. The zero-order valence-electron chi connectivity index (χ0n) is 21.2. The Bertz CT molecular complexity index is 1320. The molecule has 1 N–H and O–H groups in total. The lowest BCUT2D eigenvalue weighted by atomic mass is 10.1. The van der Waals surface area contributed by atoms with Crippen LogP contribution in [-0.2, 0) is 20.9 Å². The summed E-state index contributed by atoms with van der Waals surface area (Å²) in [6.07, 6.45) is 0.00846. The minimum absolute atomic E-state index is 0.00846. The van der Waals surface area contributed by atoms with E-state index in [2.05, 4.69) is 5.32 Å². The third-order valence-electron chi connectivity index (χ3n) is 5.80. The lowest BCUT2D eigenvalue weighted by Gasteiger charge is -2.32. The van der Waals surface area contributed by atoms with E-state index in [1.807, 2.05) is 24.3 Å². The molecule has 1 heterocycles. The Balaban J connectivity index is 1.55. The van der Waals surface area contributed by atoms with Gasteiger partial charge in [-0.05, 0) is 66.2 Å². The highest BCUT2D eigenvalue weighted by molar-refractivity contribution is 8.15. The second kappa shape index (κ2) is 12.3. The van der Waals surface area contributed by atoms with Crippen molar-refractivity contribution in [1.82, 2.24) is 4.90 Å². The van der Waals surface area contributed by atoms with Crippen molar-refractivity contribution in [2.45, 2.75) is 18.2 Å². The van der Waals surface area contributed by atoms with Crippen LogP contribution in [0.4, 0.5) is 11.4 Å². The van der Waals surface area contributed by atoms with Crippen LogP contribution in [0.3, 0.4) is 0 Å². The number of amidine groups is 1. The molecule has 0 aromatic heterocycles. The molecule has 3 aromatic rings. The van der Waals surface area contributed by atoms with E-state index in [-0.39, 0.29) is 18.2 Å². The molecular formula is C28H27N3O6S. The molecule has 1 aliphatic rings. The average Bonchev–Trinajstić information content (AvgIpc) is 2.95. The Morgan fingerprint density at radius 2 is 1.53 bits per heavy atom. The number of amides is 2. The number of methoxy groups -OCH3 is 3. The Morgan fingerprint density at radius 1 is 0.921 bits per heavy atom. The normalized spacial score (nSPS) is 16.2. The number of hydrogen-bond donors (Lipinski definition) is 1. The maximum Gasteiger partial charge on any atom is 0.337 e. The van der Waals surface area contributed by atoms with Gasteiger partial charge in [0.2, 0.25) is 11.8 Å². The van der Waals surface area contributed by atoms with Crippen LogP contribution >= 0.6 is 11.8 Å². The van der Waals surface area contributed by atoms with Gasteiger partial charge in [0.25, 0.3) is 0 Å². The number of nitrogens with one attached hydrogen (secondary N) is 1. The third-order valence-corrected chi connectivity index (χ3v) is 6.99. The fraction of sp³-hybridized carbons (Fsp3) is 0.214. The summed E-state index contributed by atoms with van der Waals surface area (Å²) in [4.78, 5) is 44.4. The zero-order valence-corrected chi connectivity index (χ0v) is 22.0. The molecule has 10 heteroatoms. The molecule has 1 atom stereocenters. The number of nitrogens with zero attached hydrogens (tertiary/aromatic N) is 2. The fourth-order valence-electron chi connectivity index (χ4n) is 3.71. The van der Waals surface area contributed by atoms with Crippen molar-refractivity contribution < 1.29 is 28.6 Å². The van der Waals surface area contributed by atoms with Crippen molar-refractivity contribution in [2.24, 2.45) is 4.99 Å². The molecule has 1 aliphatic heterocycles. The van der Waals surface area contributed by atoms with Gasteiger partial charge in [-0.1, -0.05) is 23.9 Å². The summed E-state index contributed by atoms with van der Waals surface area (Å²) in [5.74, 6) is 0.393. The van der Waals surface area contributed by atoms with Crippen LogP contribution in [0, 0.1) is 0 Å². The van der Waals surface area contributed by atoms with Gasteiger partial charge in [-0.25, -0.2) is 9.79 Å². The van der Waals surface area contributed by atoms with Gasteiger partial charge in [-0.2, -0.15) is 0 Å². The molecule has 4 rings (SSSR count). The number of rotatable bonds is 8. The quantitative estimate of drug-likeness (QED) is 0.420. The second-order valence-electron chi connectivity index (χ2n) is 8.29. The van der Waals surface area contributed by atoms with Gasteiger partial charge in [-0.15, -0.1) is 0 Å². The Kier molecular flexibility index (Phi) is 8.65. The molecule has 2 amide bonds. The summed E-state index contributed by atoms with van der Waals surface area (Å²) in [5, 5.41) is 2.56. The van der Waals surface area contributed by atoms with Crippen LogP contribution in [0.25, 0.3) is 0 Å². The topological polar surface area (TPSA) is 107 Å². The number of hydrogen-bond acceptors (Lipinski definition) is 8. The van der Waals surface area contributed by atoms with Crippen molar-refractivity contribution in [3.05, 3.63) is 83.9 Å². The number of anilines is 1. The molecule has 0 aliphatic carbocycles. The number of thioether (sulfide) groups is 1. The van der Waals surface area contributed by atoms with Gasteiger partial charge in [0, 0.05) is 12.1 Å². The highest BCUT2D eigenvalue weighted by Gasteiger charge is 2.36. The second-order valence-corrected chi connectivity index (χ2v) is 9.46. The first-order valence-corrected chi connectivity index (χ1v) is 12.6. The minimum Gasteiger partial charge on any atom is -0.497 e. The van der Waals surface area contributed by atoms with E-state index < -0.39 is 11.2 Å². The SMILES string of the molecule is COC(=O)c1ccc(NC(=O)C2CC(=O)N(Cc3ccc(OC)cc3)C(=Nc3ccc(OC)cc3)S2)cc1. The van der Waals surface area contributed by atoms with Crippen LogP contribution < -0.4 is 14.8 Å². The van der Waals surface area contributed by atoms with Gasteiger partial charge in [-0.3, -0.25) is 14.5 Å². The van der Waals surface area contributed by atoms with E-state index in [9.17, 15) is 14.4 Å². The Labute approximate surface area is 224 Å². The molecule has 1 unspecified atom stereocenters. The van der Waals surface area contributed by atoms with E-state index >= 15 is 0 Å². The molecule has 1 saturated heterocycles. The standard InChI is InChI=1S/C28H27N3O6S/c1-35-22-12-4-18(5-13-22)17-31-25(32)16-24(38-28(31)30-21-10-14-23(36-2)15-11-21)26(33)29-20-8-6-19(7-9-20)27(34)37-3/h4-15,24H,16-17H2,1-3H3,(H,29,33). The Morgan fingerprint density at radius 3 is 2.11 bits per heavy atom. The number of carbonyl (C=O) groups is 3. The van der Waals surface area contributed by atoms with Crippen LogP contribution in [-0.4, -0.2) is 54.4 Å². The van der Waals surface area contributed by atoms with E-state index in [1.54, 1.807) is 67.7 Å². The smallest absolute Gasteiger partial charge is 0.337 e. The predicted molar refractivity (Wildman–Crippen MR) is 146 cm³/mol. The summed E-state index contributed by atoms with van der Waals surface area (Å²) >= 11 is 1.23. The first-order chi connectivity index (χ1) is 18.4. The molecule has 9 nitrogen and oxygen atoms in total. The summed E-state index contributed by atoms with van der Waals surface area (Å²) in [6, 6.07) is 20.9. The van der Waals surface area contributed by atoms with Gasteiger partial charge >= 0.3 is 5.97 Å². The Hall–Kier alpha value is -4.31. The molecule has 196 valence electrons. The molecule has 0 bridgehead atoms. The van der Waals surface area contributed by atoms with Gasteiger partial charge in [0.15, 0.2) is 5.17 Å².